The molecule has 0 heterocycles. The smallest absolute Gasteiger partial charge is 0.416 e. The molecule has 29 heavy (non-hydrogen) atoms. The number of hydrogen-bond acceptors (Lipinski definition) is 6. The summed E-state index contributed by atoms with van der Waals surface area (Å²) in [4.78, 5) is 36.2. The Morgan fingerprint density at radius 2 is 1.86 bits per heavy atom. The lowest BCUT2D eigenvalue weighted by Gasteiger charge is -2.23. The number of carboxylic acids is 1. The monoisotopic (exact) mass is 408 g/mol. The fourth-order valence-corrected chi connectivity index (χ4v) is 2.27. The quantitative estimate of drug-likeness (QED) is 0.380. The first-order valence-corrected chi connectivity index (χ1v) is 9.04. The predicted octanol–water partition coefficient (Wildman–Crippen LogP) is 2.28. The highest BCUT2D eigenvalue weighted by molar-refractivity contribution is 5.91. The number of alkyl carbamates (subject to hydrolysis) is 1. The summed E-state index contributed by atoms with van der Waals surface area (Å²) in [7, 11) is 0. The standard InChI is InChI=1S/C19H28N4O6/c1-19(2,3)29-17(26)22-14(15(24)25)10-7-11-23(16(20)21)18(27)28-12-13-8-5-4-6-9-13/h4-6,8-9,14H,7,10-12H2,1-3H3,(H3,20,21)(H,22,26)(H,24,25)/t14-/m0/s1. The van der Waals surface area contributed by atoms with Gasteiger partial charge >= 0.3 is 18.2 Å². The van der Waals surface area contributed by atoms with Gasteiger partial charge in [0.15, 0.2) is 5.96 Å². The minimum atomic E-state index is -1.24. The number of nitrogens with one attached hydrogen (secondary N) is 2. The Kier molecular flexibility index (Phi) is 8.91. The van der Waals surface area contributed by atoms with Crippen molar-refractivity contribution in [1.82, 2.24) is 10.2 Å². The maximum atomic E-state index is 12.2. The number of nitrogens with two attached hydrogens (primary N) is 1. The molecule has 0 unspecified atom stereocenters. The first-order chi connectivity index (χ1) is 13.5. The molecule has 0 radical (unpaired) electrons. The normalized spacial score (nSPS) is 11.8. The maximum absolute atomic E-state index is 12.2. The van der Waals surface area contributed by atoms with E-state index in [4.69, 9.17) is 20.6 Å². The first-order valence-electron chi connectivity index (χ1n) is 9.04. The van der Waals surface area contributed by atoms with Crippen LogP contribution >= 0.6 is 0 Å². The molecule has 0 bridgehead atoms. The minimum Gasteiger partial charge on any atom is -0.480 e. The van der Waals surface area contributed by atoms with E-state index in [9.17, 15) is 19.5 Å². The van der Waals surface area contributed by atoms with Crippen molar-refractivity contribution in [3.8, 4) is 0 Å². The zero-order valence-corrected chi connectivity index (χ0v) is 16.8. The Labute approximate surface area is 169 Å². The van der Waals surface area contributed by atoms with Crippen LogP contribution in [0.2, 0.25) is 0 Å². The Morgan fingerprint density at radius 3 is 2.38 bits per heavy atom. The van der Waals surface area contributed by atoms with Crippen LogP contribution in [-0.2, 0) is 20.9 Å². The van der Waals surface area contributed by atoms with Crippen molar-refractivity contribution >= 4 is 24.1 Å². The van der Waals surface area contributed by atoms with Crippen molar-refractivity contribution < 1.29 is 29.0 Å². The molecule has 0 fully saturated rings. The van der Waals surface area contributed by atoms with Gasteiger partial charge in [-0.15, -0.1) is 0 Å². The fourth-order valence-electron chi connectivity index (χ4n) is 2.27. The molecule has 1 aromatic rings. The van der Waals surface area contributed by atoms with E-state index in [-0.39, 0.29) is 26.0 Å². The number of rotatable bonds is 8. The van der Waals surface area contributed by atoms with E-state index in [1.54, 1.807) is 45.0 Å². The van der Waals surface area contributed by atoms with Gasteiger partial charge in [-0.3, -0.25) is 5.41 Å². The summed E-state index contributed by atoms with van der Waals surface area (Å²) in [6, 6.07) is 7.79. The van der Waals surface area contributed by atoms with Gasteiger partial charge in [-0.2, -0.15) is 0 Å². The van der Waals surface area contributed by atoms with Crippen molar-refractivity contribution in [1.29, 1.82) is 5.41 Å². The van der Waals surface area contributed by atoms with E-state index >= 15 is 0 Å². The minimum absolute atomic E-state index is 0.00429. The number of carbonyl (C=O) groups excluding carboxylic acids is 2. The number of guanidine groups is 1. The summed E-state index contributed by atoms with van der Waals surface area (Å²) in [6.45, 7) is 4.96. The van der Waals surface area contributed by atoms with E-state index in [1.807, 2.05) is 6.07 Å². The number of ether oxygens (including phenoxy) is 2. The van der Waals surface area contributed by atoms with Gasteiger partial charge in [-0.1, -0.05) is 30.3 Å². The highest BCUT2D eigenvalue weighted by Crippen LogP contribution is 2.09. The third-order valence-electron chi connectivity index (χ3n) is 3.58. The van der Waals surface area contributed by atoms with Crippen molar-refractivity contribution in [2.45, 2.75) is 51.9 Å². The van der Waals surface area contributed by atoms with E-state index in [2.05, 4.69) is 5.32 Å². The van der Waals surface area contributed by atoms with Gasteiger partial charge in [0.2, 0.25) is 0 Å². The van der Waals surface area contributed by atoms with Crippen LogP contribution in [0.15, 0.2) is 30.3 Å². The number of benzene rings is 1. The van der Waals surface area contributed by atoms with Crippen LogP contribution in [0.4, 0.5) is 9.59 Å². The molecule has 0 spiro atoms. The van der Waals surface area contributed by atoms with E-state index < -0.39 is 35.8 Å². The Balaban J connectivity index is 2.56. The van der Waals surface area contributed by atoms with Gasteiger partial charge in [0, 0.05) is 6.54 Å². The molecule has 0 saturated carbocycles. The lowest BCUT2D eigenvalue weighted by Crippen LogP contribution is -2.45. The van der Waals surface area contributed by atoms with E-state index in [1.165, 1.54) is 0 Å². The lowest BCUT2D eigenvalue weighted by molar-refractivity contribution is -0.139. The van der Waals surface area contributed by atoms with Crippen LogP contribution < -0.4 is 11.1 Å². The average molecular weight is 408 g/mol. The molecule has 10 heteroatoms. The SMILES string of the molecule is CC(C)(C)OC(=O)N[C@@H](CCCN(C(=N)N)C(=O)OCc1ccccc1)C(=O)O. The Morgan fingerprint density at radius 1 is 1.24 bits per heavy atom. The largest absolute Gasteiger partial charge is 0.480 e. The second-order valence-corrected chi connectivity index (χ2v) is 7.26. The van der Waals surface area contributed by atoms with Crippen molar-refractivity contribution in [3.05, 3.63) is 35.9 Å². The Hall–Kier alpha value is -3.30. The zero-order valence-electron chi connectivity index (χ0n) is 16.8. The molecule has 10 nitrogen and oxygen atoms in total. The number of carboxylic acid groups (broad SMARTS) is 1. The van der Waals surface area contributed by atoms with Crippen LogP contribution in [0, 0.1) is 5.41 Å². The number of aliphatic carboxylic acids is 1. The van der Waals surface area contributed by atoms with Crippen molar-refractivity contribution in [2.75, 3.05) is 6.54 Å². The molecule has 0 saturated heterocycles. The molecule has 0 aliphatic heterocycles. The molecule has 1 rings (SSSR count). The molecule has 0 aromatic heterocycles. The van der Waals surface area contributed by atoms with Crippen LogP contribution in [0.25, 0.3) is 0 Å². The van der Waals surface area contributed by atoms with Crippen LogP contribution in [-0.4, -0.2) is 52.3 Å². The third-order valence-corrected chi connectivity index (χ3v) is 3.58. The third kappa shape index (κ3) is 9.45. The molecule has 2 amide bonds. The molecule has 1 atom stereocenters. The van der Waals surface area contributed by atoms with Crippen LogP contribution in [0.5, 0.6) is 0 Å². The van der Waals surface area contributed by atoms with Gasteiger partial charge in [-0.05, 0) is 39.2 Å². The second-order valence-electron chi connectivity index (χ2n) is 7.26. The summed E-state index contributed by atoms with van der Waals surface area (Å²) in [6.07, 6.45) is -1.50. The topological polar surface area (TPSA) is 155 Å². The summed E-state index contributed by atoms with van der Waals surface area (Å²) in [5.41, 5.74) is 5.45. The van der Waals surface area contributed by atoms with Crippen LogP contribution in [0.1, 0.15) is 39.2 Å². The number of carbonyl (C=O) groups is 3. The summed E-state index contributed by atoms with van der Waals surface area (Å²) in [5.74, 6) is -1.76. The molecule has 1 aromatic carbocycles. The van der Waals surface area contributed by atoms with E-state index in [0.717, 1.165) is 10.5 Å². The molecule has 5 N–H and O–H groups in total. The highest BCUT2D eigenvalue weighted by Gasteiger charge is 2.25. The maximum Gasteiger partial charge on any atom is 0.416 e. The van der Waals surface area contributed by atoms with Gasteiger partial charge in [0.05, 0.1) is 0 Å². The van der Waals surface area contributed by atoms with Gasteiger partial charge in [0.25, 0.3) is 0 Å². The van der Waals surface area contributed by atoms with Gasteiger partial charge < -0.3 is 25.6 Å². The molecular weight excluding hydrogens is 380 g/mol. The number of amides is 2. The highest BCUT2D eigenvalue weighted by atomic mass is 16.6. The second kappa shape index (κ2) is 10.9. The van der Waals surface area contributed by atoms with Crippen molar-refractivity contribution in [2.24, 2.45) is 5.73 Å². The Bertz CT molecular complexity index is 717. The molecular formula is C19H28N4O6. The molecule has 0 aliphatic carbocycles. The van der Waals surface area contributed by atoms with Gasteiger partial charge in [-0.25, -0.2) is 19.3 Å². The molecule has 160 valence electrons. The summed E-state index contributed by atoms with van der Waals surface area (Å²) < 4.78 is 10.2. The predicted molar refractivity (Wildman–Crippen MR) is 105 cm³/mol. The zero-order chi connectivity index (χ0) is 22.0. The van der Waals surface area contributed by atoms with Crippen LogP contribution in [0.3, 0.4) is 0 Å². The summed E-state index contributed by atoms with van der Waals surface area (Å²) >= 11 is 0. The van der Waals surface area contributed by atoms with Gasteiger partial charge in [0.1, 0.15) is 18.2 Å². The summed E-state index contributed by atoms with van der Waals surface area (Å²) in [5, 5.41) is 19.1. The fraction of sp³-hybridized carbons (Fsp3) is 0.474. The number of nitrogens with zero attached hydrogens (tertiary/aromatic N) is 1. The lowest BCUT2D eigenvalue weighted by atomic mass is 10.1. The van der Waals surface area contributed by atoms with E-state index in [0.29, 0.717) is 0 Å². The average Bonchev–Trinajstić information content (AvgIpc) is 2.61. The molecule has 0 aliphatic rings. The van der Waals surface area contributed by atoms with Crippen molar-refractivity contribution in [3.63, 3.8) is 0 Å². The first kappa shape index (κ1) is 23.7. The number of hydrogen-bond donors (Lipinski definition) is 4.